The summed E-state index contributed by atoms with van der Waals surface area (Å²) in [6.07, 6.45) is 3.89. The molecular formula is C25H28NO3P. The van der Waals surface area contributed by atoms with Gasteiger partial charge in [0.25, 0.3) is 0 Å². The molecule has 0 radical (unpaired) electrons. The Balaban J connectivity index is 1.94. The first-order valence-electron chi connectivity index (χ1n) is 10.1. The Morgan fingerprint density at radius 3 is 2.43 bits per heavy atom. The molecule has 5 heteroatoms. The number of para-hydroxylation sites is 1. The van der Waals surface area contributed by atoms with Gasteiger partial charge in [-0.15, -0.1) is 0 Å². The van der Waals surface area contributed by atoms with E-state index in [2.05, 4.69) is 30.1 Å². The van der Waals surface area contributed by atoms with Crippen LogP contribution in [0.1, 0.15) is 36.6 Å². The first kappa shape index (κ1) is 21.9. The van der Waals surface area contributed by atoms with Crippen LogP contribution < -0.4 is 14.8 Å². The Morgan fingerprint density at radius 1 is 1.00 bits per heavy atom. The van der Waals surface area contributed by atoms with Gasteiger partial charge in [-0.25, -0.2) is 0 Å². The van der Waals surface area contributed by atoms with Crippen LogP contribution in [0.4, 0.5) is 5.69 Å². The lowest BCUT2D eigenvalue weighted by Gasteiger charge is -2.21. The molecule has 0 aliphatic rings. The molecule has 3 aromatic rings. The van der Waals surface area contributed by atoms with Crippen LogP contribution in [0.15, 0.2) is 71.7 Å². The number of hydrogen-bond donors (Lipinski definition) is 1. The minimum atomic E-state index is 0.158. The van der Waals surface area contributed by atoms with Crippen molar-refractivity contribution in [2.75, 3.05) is 14.2 Å². The molecule has 2 unspecified atom stereocenters. The second-order valence-corrected chi connectivity index (χ2v) is 8.46. The van der Waals surface area contributed by atoms with E-state index in [0.717, 1.165) is 29.7 Å². The van der Waals surface area contributed by atoms with E-state index in [-0.39, 0.29) is 11.4 Å². The van der Waals surface area contributed by atoms with Crippen LogP contribution in [0.3, 0.4) is 0 Å². The van der Waals surface area contributed by atoms with Crippen molar-refractivity contribution >= 4 is 25.8 Å². The fourth-order valence-corrected chi connectivity index (χ4v) is 5.01. The Hall–Kier alpha value is -2.84. The minimum absolute atomic E-state index is 0.158. The molecule has 0 fully saturated rings. The second kappa shape index (κ2) is 10.8. The topological polar surface area (TPSA) is 51.0 Å². The van der Waals surface area contributed by atoms with Crippen LogP contribution in [0.5, 0.6) is 17.2 Å². The average molecular weight is 421 g/mol. The maximum absolute atomic E-state index is 10.8. The number of methoxy groups -OCH3 is 2. The number of ether oxygens (including phenoxy) is 2. The molecule has 0 saturated heterocycles. The number of benzene rings is 3. The van der Waals surface area contributed by atoms with Gasteiger partial charge < -0.3 is 14.6 Å². The molecule has 2 atom stereocenters. The lowest BCUT2D eigenvalue weighted by atomic mass is 10.1. The molecule has 1 N–H and O–H groups in total. The van der Waals surface area contributed by atoms with Crippen molar-refractivity contribution in [3.05, 3.63) is 77.9 Å². The molecule has 0 bridgehead atoms. The van der Waals surface area contributed by atoms with E-state index in [4.69, 9.17) is 9.47 Å². The third-order valence-corrected chi connectivity index (χ3v) is 6.60. The lowest BCUT2D eigenvalue weighted by Crippen LogP contribution is -2.07. The lowest BCUT2D eigenvalue weighted by molar-refractivity contribution is 0.360. The number of nitrogens with zero attached hydrogens (tertiary/aromatic N) is 1. The molecule has 0 amide bonds. The summed E-state index contributed by atoms with van der Waals surface area (Å²) in [5.74, 6) is 1.32. The SMILES string of the molecule is CCCC(Pc1ccccc1C=Nc1ccccc1)c1cc(OC)cc(OC)c1O. The van der Waals surface area contributed by atoms with Gasteiger partial charge in [0, 0.05) is 29.1 Å². The van der Waals surface area contributed by atoms with Gasteiger partial charge in [-0.3, -0.25) is 4.99 Å². The van der Waals surface area contributed by atoms with E-state index in [1.165, 1.54) is 5.30 Å². The van der Waals surface area contributed by atoms with Gasteiger partial charge >= 0.3 is 0 Å². The third kappa shape index (κ3) is 5.40. The zero-order valence-electron chi connectivity index (χ0n) is 17.6. The summed E-state index contributed by atoms with van der Waals surface area (Å²) in [4.78, 5) is 4.63. The van der Waals surface area contributed by atoms with Gasteiger partial charge in [-0.05, 0) is 29.9 Å². The van der Waals surface area contributed by atoms with Gasteiger partial charge in [0.15, 0.2) is 11.5 Å². The van der Waals surface area contributed by atoms with E-state index >= 15 is 0 Å². The predicted octanol–water partition coefficient (Wildman–Crippen LogP) is 6.01. The summed E-state index contributed by atoms with van der Waals surface area (Å²) >= 11 is 0. The number of rotatable bonds is 9. The van der Waals surface area contributed by atoms with Gasteiger partial charge in [0.2, 0.25) is 0 Å². The quantitative estimate of drug-likeness (QED) is 0.340. The Morgan fingerprint density at radius 2 is 1.73 bits per heavy atom. The van der Waals surface area contributed by atoms with Crippen molar-refractivity contribution < 1.29 is 14.6 Å². The van der Waals surface area contributed by atoms with Crippen molar-refractivity contribution in [2.45, 2.75) is 25.4 Å². The molecule has 0 saturated carbocycles. The number of aromatic hydroxyl groups is 1. The van der Waals surface area contributed by atoms with Crippen LogP contribution in [0.25, 0.3) is 0 Å². The summed E-state index contributed by atoms with van der Waals surface area (Å²) in [6, 6.07) is 21.9. The molecular weight excluding hydrogens is 393 g/mol. The molecule has 0 aliphatic heterocycles. The highest BCUT2D eigenvalue weighted by Gasteiger charge is 2.21. The van der Waals surface area contributed by atoms with Crippen LogP contribution in [-0.4, -0.2) is 25.5 Å². The highest BCUT2D eigenvalue weighted by Crippen LogP contribution is 2.47. The predicted molar refractivity (Wildman–Crippen MR) is 127 cm³/mol. The van der Waals surface area contributed by atoms with Crippen molar-refractivity contribution in [1.29, 1.82) is 0 Å². The number of aliphatic imine (C=N–C) groups is 1. The van der Waals surface area contributed by atoms with Crippen molar-refractivity contribution in [3.8, 4) is 17.2 Å². The molecule has 0 aromatic heterocycles. The first-order valence-corrected chi connectivity index (χ1v) is 11.1. The van der Waals surface area contributed by atoms with Crippen molar-refractivity contribution in [2.24, 2.45) is 4.99 Å². The number of phenolic OH excluding ortho intramolecular Hbond substituents is 1. The minimum Gasteiger partial charge on any atom is -0.504 e. The molecule has 0 heterocycles. The van der Waals surface area contributed by atoms with Crippen LogP contribution in [-0.2, 0) is 0 Å². The third-order valence-electron chi connectivity index (χ3n) is 4.89. The van der Waals surface area contributed by atoms with Crippen LogP contribution in [0.2, 0.25) is 0 Å². The summed E-state index contributed by atoms with van der Waals surface area (Å²) in [6.45, 7) is 2.16. The van der Waals surface area contributed by atoms with Crippen LogP contribution in [0, 0.1) is 0 Å². The smallest absolute Gasteiger partial charge is 0.164 e. The van der Waals surface area contributed by atoms with Crippen LogP contribution >= 0.6 is 8.58 Å². The van der Waals surface area contributed by atoms with E-state index in [0.29, 0.717) is 20.1 Å². The highest BCUT2D eigenvalue weighted by atomic mass is 31.1. The largest absolute Gasteiger partial charge is 0.504 e. The molecule has 3 rings (SSSR count). The summed E-state index contributed by atoms with van der Waals surface area (Å²) in [7, 11) is 3.66. The molecule has 4 nitrogen and oxygen atoms in total. The van der Waals surface area contributed by atoms with E-state index < -0.39 is 0 Å². The Kier molecular flexibility index (Phi) is 7.87. The van der Waals surface area contributed by atoms with Crippen molar-refractivity contribution in [3.63, 3.8) is 0 Å². The molecule has 0 spiro atoms. The maximum atomic E-state index is 10.8. The molecule has 30 heavy (non-hydrogen) atoms. The van der Waals surface area contributed by atoms with E-state index in [1.54, 1.807) is 20.3 Å². The fourth-order valence-electron chi connectivity index (χ4n) is 3.32. The Bertz CT molecular complexity index is 989. The van der Waals surface area contributed by atoms with E-state index in [1.807, 2.05) is 48.7 Å². The summed E-state index contributed by atoms with van der Waals surface area (Å²) in [5.41, 5.74) is 3.04. The Labute approximate surface area is 180 Å². The second-order valence-electron chi connectivity index (χ2n) is 6.93. The zero-order chi connectivity index (χ0) is 21.3. The first-order chi connectivity index (χ1) is 14.7. The fraction of sp³-hybridized carbons (Fsp3) is 0.240. The highest BCUT2D eigenvalue weighted by molar-refractivity contribution is 7.47. The van der Waals surface area contributed by atoms with Gasteiger partial charge in [0.05, 0.1) is 19.9 Å². The number of phenols is 1. The monoisotopic (exact) mass is 421 g/mol. The molecule has 3 aromatic carbocycles. The standard InChI is InChI=1S/C25H28NO3P/c1-4-10-24(21-15-20(28-2)16-22(29-3)25(21)27)30-23-14-9-8-11-18(23)17-26-19-12-6-5-7-13-19/h5-9,11-17,24,27,30H,4,10H2,1-3H3. The normalized spacial score (nSPS) is 12.5. The maximum Gasteiger partial charge on any atom is 0.164 e. The van der Waals surface area contributed by atoms with Gasteiger partial charge in [0.1, 0.15) is 5.75 Å². The molecule has 0 aliphatic carbocycles. The number of hydrogen-bond acceptors (Lipinski definition) is 4. The van der Waals surface area contributed by atoms with Gasteiger partial charge in [-0.2, -0.15) is 0 Å². The zero-order valence-corrected chi connectivity index (χ0v) is 18.6. The summed E-state index contributed by atoms with van der Waals surface area (Å²) in [5, 5.41) is 12.0. The average Bonchev–Trinajstić information content (AvgIpc) is 2.79. The van der Waals surface area contributed by atoms with Crippen molar-refractivity contribution in [1.82, 2.24) is 0 Å². The molecule has 156 valence electrons. The van der Waals surface area contributed by atoms with E-state index in [9.17, 15) is 5.11 Å². The summed E-state index contributed by atoms with van der Waals surface area (Å²) < 4.78 is 10.8. The van der Waals surface area contributed by atoms with Gasteiger partial charge in [-0.1, -0.05) is 64.4 Å².